The van der Waals surface area contributed by atoms with Crippen molar-refractivity contribution < 1.29 is 4.42 Å². The molecule has 0 saturated carbocycles. The van der Waals surface area contributed by atoms with Gasteiger partial charge in [-0.1, -0.05) is 218 Å². The van der Waals surface area contributed by atoms with Gasteiger partial charge in [0, 0.05) is 21.5 Å². The summed E-state index contributed by atoms with van der Waals surface area (Å²) in [4.78, 5) is 0. The average Bonchev–Trinajstić information content (AvgIpc) is 4.05. The molecule has 74 heavy (non-hydrogen) atoms. The quantitative estimate of drug-likeness (QED) is 0.141. The van der Waals surface area contributed by atoms with Crippen molar-refractivity contribution in [1.29, 1.82) is 0 Å². The maximum Gasteiger partial charge on any atom is 0.159 e. The minimum atomic E-state index is 0.838. The number of hydrogen-bond donors (Lipinski definition) is 0. The molecular formula is C72H47NO. The second kappa shape index (κ2) is 18.1. The van der Waals surface area contributed by atoms with Gasteiger partial charge in [-0.25, -0.2) is 0 Å². The van der Waals surface area contributed by atoms with Gasteiger partial charge in [-0.3, -0.25) is 0 Å². The van der Waals surface area contributed by atoms with E-state index in [1.54, 1.807) is 0 Å². The highest BCUT2D eigenvalue weighted by atomic mass is 16.3. The lowest BCUT2D eigenvalue weighted by Crippen LogP contribution is -1.95. The summed E-state index contributed by atoms with van der Waals surface area (Å²) in [6.07, 6.45) is 0. The maximum atomic E-state index is 7.38. The van der Waals surface area contributed by atoms with Gasteiger partial charge in [0.2, 0.25) is 0 Å². The van der Waals surface area contributed by atoms with Crippen molar-refractivity contribution in [2.75, 3.05) is 0 Å². The third-order valence-corrected chi connectivity index (χ3v) is 14.8. The van der Waals surface area contributed by atoms with E-state index in [0.29, 0.717) is 0 Å². The Balaban J connectivity index is 1.03. The van der Waals surface area contributed by atoms with Crippen LogP contribution in [0.3, 0.4) is 0 Å². The van der Waals surface area contributed by atoms with Crippen LogP contribution in [0.4, 0.5) is 0 Å². The number of hydrogen-bond acceptors (Lipinski definition) is 1. The summed E-state index contributed by atoms with van der Waals surface area (Å²) in [5.41, 5.74) is 23.4. The van der Waals surface area contributed by atoms with Crippen LogP contribution in [0.5, 0.6) is 0 Å². The van der Waals surface area contributed by atoms with Crippen LogP contribution in [-0.4, -0.2) is 4.57 Å². The summed E-state index contributed by atoms with van der Waals surface area (Å²) < 4.78 is 9.80. The van der Waals surface area contributed by atoms with Crippen molar-refractivity contribution in [2.45, 2.75) is 0 Å². The lowest BCUT2D eigenvalue weighted by atomic mass is 9.89. The van der Waals surface area contributed by atoms with Crippen molar-refractivity contribution in [3.8, 4) is 94.7 Å². The number of benzene rings is 12. The monoisotopic (exact) mass is 941 g/mol. The van der Waals surface area contributed by atoms with Crippen molar-refractivity contribution in [3.05, 3.63) is 285 Å². The molecule has 0 bridgehead atoms. The van der Waals surface area contributed by atoms with E-state index < -0.39 is 0 Å². The first-order valence-electron chi connectivity index (χ1n) is 25.4. The fraction of sp³-hybridized carbons (Fsp3) is 0. The number of fused-ring (bicyclic) bond motifs is 6. The molecule has 0 saturated heterocycles. The molecule has 12 aromatic carbocycles. The molecule has 0 radical (unpaired) electrons. The van der Waals surface area contributed by atoms with Crippen molar-refractivity contribution >= 4 is 43.7 Å². The van der Waals surface area contributed by atoms with E-state index >= 15 is 0 Å². The van der Waals surface area contributed by atoms with Gasteiger partial charge in [-0.15, -0.1) is 0 Å². The Kier molecular flexibility index (Phi) is 10.6. The molecular weight excluding hydrogens is 895 g/mol. The van der Waals surface area contributed by atoms with Gasteiger partial charge in [-0.05, 0) is 156 Å². The third-order valence-electron chi connectivity index (χ3n) is 14.8. The van der Waals surface area contributed by atoms with Crippen molar-refractivity contribution in [2.24, 2.45) is 0 Å². The predicted octanol–water partition coefficient (Wildman–Crippen LogP) is 20.0. The molecule has 0 aliphatic heterocycles. The zero-order valence-electron chi connectivity index (χ0n) is 40.5. The Morgan fingerprint density at radius 2 is 0.635 bits per heavy atom. The molecule has 2 heterocycles. The molecule has 14 rings (SSSR count). The van der Waals surface area contributed by atoms with E-state index in [2.05, 4.69) is 290 Å². The molecule has 14 aromatic rings. The highest BCUT2D eigenvalue weighted by Gasteiger charge is 2.23. The molecule has 0 atom stereocenters. The molecule has 0 amide bonds. The number of aromatic nitrogens is 1. The van der Waals surface area contributed by atoms with Crippen LogP contribution in [0.2, 0.25) is 0 Å². The highest BCUT2D eigenvalue weighted by molar-refractivity contribution is 6.18. The summed E-state index contributed by atoms with van der Waals surface area (Å²) in [6, 6.07) is 103. The van der Waals surface area contributed by atoms with Crippen LogP contribution in [0.25, 0.3) is 138 Å². The van der Waals surface area contributed by atoms with Gasteiger partial charge in [0.25, 0.3) is 0 Å². The van der Waals surface area contributed by atoms with Crippen molar-refractivity contribution in [1.82, 2.24) is 4.57 Å². The lowest BCUT2D eigenvalue weighted by Gasteiger charge is -2.15. The fourth-order valence-corrected chi connectivity index (χ4v) is 11.1. The van der Waals surface area contributed by atoms with Gasteiger partial charge in [-0.2, -0.15) is 0 Å². The first kappa shape index (κ1) is 43.1. The predicted molar refractivity (Wildman–Crippen MR) is 312 cm³/mol. The van der Waals surface area contributed by atoms with Gasteiger partial charge in [0.05, 0.1) is 16.7 Å². The second-order valence-electron chi connectivity index (χ2n) is 19.2. The minimum absolute atomic E-state index is 0.838. The molecule has 2 heteroatoms. The highest BCUT2D eigenvalue weighted by Crippen LogP contribution is 2.46. The van der Waals surface area contributed by atoms with Crippen LogP contribution < -0.4 is 0 Å². The Hall–Kier alpha value is -9.76. The molecule has 0 aliphatic rings. The van der Waals surface area contributed by atoms with Crippen LogP contribution in [0.15, 0.2) is 290 Å². The van der Waals surface area contributed by atoms with E-state index in [-0.39, 0.29) is 0 Å². The average molecular weight is 942 g/mol. The van der Waals surface area contributed by atoms with Crippen LogP contribution in [0, 0.1) is 0 Å². The van der Waals surface area contributed by atoms with E-state index in [1.807, 2.05) is 0 Å². The number of nitrogens with zero attached hydrogens (tertiary/aromatic N) is 1. The second-order valence-corrected chi connectivity index (χ2v) is 19.2. The zero-order valence-corrected chi connectivity index (χ0v) is 40.5. The SMILES string of the molecule is c1ccc(-c2cccc(-c3cc(-c4cccc(-c5ccccc5)c4)cc(-c4cc(-c5ccccc5)cc5oc6c(-n7c8ccc(-c9ccccc9)cc8c8ccc(-c9ccccc9)cc87)cccc6c45)c3)c2)cc1. The fourth-order valence-electron chi connectivity index (χ4n) is 11.1. The Labute approximate surface area is 430 Å². The van der Waals surface area contributed by atoms with E-state index in [4.69, 9.17) is 4.42 Å². The molecule has 0 aliphatic carbocycles. The summed E-state index contributed by atoms with van der Waals surface area (Å²) in [5, 5.41) is 4.52. The first-order valence-corrected chi connectivity index (χ1v) is 25.4. The van der Waals surface area contributed by atoms with Crippen LogP contribution in [-0.2, 0) is 0 Å². The normalized spacial score (nSPS) is 11.5. The third kappa shape index (κ3) is 7.69. The topological polar surface area (TPSA) is 18.1 Å². The summed E-state index contributed by atoms with van der Waals surface area (Å²) in [6.45, 7) is 0. The van der Waals surface area contributed by atoms with E-state index in [0.717, 1.165) is 88.7 Å². The summed E-state index contributed by atoms with van der Waals surface area (Å²) in [5.74, 6) is 0. The van der Waals surface area contributed by atoms with Gasteiger partial charge in [0.15, 0.2) is 5.58 Å². The van der Waals surface area contributed by atoms with E-state index in [9.17, 15) is 0 Å². The molecule has 0 fully saturated rings. The molecule has 0 unspecified atom stereocenters. The molecule has 346 valence electrons. The number of rotatable bonds is 9. The Bertz CT molecular complexity index is 4280. The van der Waals surface area contributed by atoms with Crippen LogP contribution in [0.1, 0.15) is 0 Å². The number of furan rings is 1. The van der Waals surface area contributed by atoms with Crippen molar-refractivity contribution in [3.63, 3.8) is 0 Å². The van der Waals surface area contributed by atoms with Gasteiger partial charge < -0.3 is 8.98 Å². The first-order chi connectivity index (χ1) is 36.7. The van der Waals surface area contributed by atoms with Crippen LogP contribution >= 0.6 is 0 Å². The van der Waals surface area contributed by atoms with Gasteiger partial charge >= 0.3 is 0 Å². The smallest absolute Gasteiger partial charge is 0.159 e. The molecule has 2 nitrogen and oxygen atoms in total. The molecule has 0 N–H and O–H groups in total. The molecule has 2 aromatic heterocycles. The Morgan fingerprint density at radius 3 is 1.18 bits per heavy atom. The number of para-hydroxylation sites is 1. The Morgan fingerprint density at radius 1 is 0.230 bits per heavy atom. The van der Waals surface area contributed by atoms with Gasteiger partial charge in [0.1, 0.15) is 5.58 Å². The molecule has 0 spiro atoms. The van der Waals surface area contributed by atoms with E-state index in [1.165, 1.54) is 49.7 Å². The zero-order chi connectivity index (χ0) is 49.0. The summed E-state index contributed by atoms with van der Waals surface area (Å²) in [7, 11) is 0. The lowest BCUT2D eigenvalue weighted by molar-refractivity contribution is 0.666. The standard InChI is InChI=1S/C72H47NO/c1-6-19-48(20-7-1)53-29-16-31-55(39-53)59-41-60(56-32-17-30-54(40-56)49-21-8-2-9-22-49)43-62(42-59)65-45-61(52-27-14-5-15-28-52)47-70-71(65)64-33-18-34-68(72(64)74-70)73-67-38-36-57(50-23-10-3-11-24-50)44-66(67)63-37-35-58(46-69(63)73)51-25-12-4-13-26-51/h1-47H. The summed E-state index contributed by atoms with van der Waals surface area (Å²) >= 11 is 0. The largest absolute Gasteiger partial charge is 0.454 e. The maximum absolute atomic E-state index is 7.38. The minimum Gasteiger partial charge on any atom is -0.454 e.